The Morgan fingerprint density at radius 3 is 2.19 bits per heavy atom. The van der Waals surface area contributed by atoms with Gasteiger partial charge in [-0.05, 0) is 60.4 Å². The Labute approximate surface area is 129 Å². The molecule has 1 atom stereocenters. The maximum Gasteiger partial charge on any atom is 0.416 e. The molecule has 0 aromatic heterocycles. The quantitative estimate of drug-likeness (QED) is 0.785. The fraction of sp³-hybridized carbons (Fsp3) is 0.250. The van der Waals surface area contributed by atoms with Crippen LogP contribution in [-0.4, -0.2) is 5.11 Å². The molecule has 0 bridgehead atoms. The molecule has 112 valence electrons. The van der Waals surface area contributed by atoms with Crippen LogP contribution in [0.5, 0.6) is 0 Å². The summed E-state index contributed by atoms with van der Waals surface area (Å²) in [6.45, 7) is 3.42. The van der Waals surface area contributed by atoms with Gasteiger partial charge < -0.3 is 5.11 Å². The Hall–Kier alpha value is -1.33. The Balaban J connectivity index is 2.44. The second-order valence-electron chi connectivity index (χ2n) is 4.97. The highest BCUT2D eigenvalue weighted by atomic mass is 79.9. The number of aliphatic hydroxyl groups excluding tert-OH is 1. The van der Waals surface area contributed by atoms with Gasteiger partial charge in [0.2, 0.25) is 0 Å². The fourth-order valence-electron chi connectivity index (χ4n) is 2.23. The summed E-state index contributed by atoms with van der Waals surface area (Å²) in [5.74, 6) is 0. The Morgan fingerprint density at radius 1 is 0.952 bits per heavy atom. The van der Waals surface area contributed by atoms with Gasteiger partial charge in [-0.1, -0.05) is 28.1 Å². The predicted octanol–water partition coefficient (Wildman–Crippen LogP) is 5.17. The van der Waals surface area contributed by atoms with Crippen molar-refractivity contribution in [2.75, 3.05) is 0 Å². The minimum atomic E-state index is -4.38. The van der Waals surface area contributed by atoms with E-state index in [9.17, 15) is 18.3 Å². The van der Waals surface area contributed by atoms with E-state index < -0.39 is 17.8 Å². The summed E-state index contributed by atoms with van der Waals surface area (Å²) in [7, 11) is 0. The van der Waals surface area contributed by atoms with Crippen molar-refractivity contribution < 1.29 is 18.3 Å². The van der Waals surface area contributed by atoms with Crippen molar-refractivity contribution in [3.63, 3.8) is 0 Å². The molecule has 0 saturated carbocycles. The van der Waals surface area contributed by atoms with Gasteiger partial charge in [-0.3, -0.25) is 0 Å². The van der Waals surface area contributed by atoms with E-state index in [0.29, 0.717) is 16.7 Å². The van der Waals surface area contributed by atoms with E-state index in [4.69, 9.17) is 0 Å². The lowest BCUT2D eigenvalue weighted by atomic mass is 9.93. The topological polar surface area (TPSA) is 20.2 Å². The molecule has 1 N–H and O–H groups in total. The third-order valence-electron chi connectivity index (χ3n) is 3.43. The average Bonchev–Trinajstić information content (AvgIpc) is 2.39. The molecule has 0 heterocycles. The monoisotopic (exact) mass is 358 g/mol. The summed E-state index contributed by atoms with van der Waals surface area (Å²) in [6.07, 6.45) is -5.33. The Morgan fingerprint density at radius 2 is 1.62 bits per heavy atom. The molecule has 1 nitrogen and oxygen atoms in total. The van der Waals surface area contributed by atoms with Crippen LogP contribution in [0.3, 0.4) is 0 Å². The van der Waals surface area contributed by atoms with Gasteiger partial charge in [-0.2, -0.15) is 13.2 Å². The number of aliphatic hydroxyl groups is 1. The molecular formula is C16H14BrF3O. The molecule has 2 aromatic rings. The summed E-state index contributed by atoms with van der Waals surface area (Å²) < 4.78 is 38.8. The number of benzene rings is 2. The third kappa shape index (κ3) is 3.47. The summed E-state index contributed by atoms with van der Waals surface area (Å²) in [4.78, 5) is 0. The standard InChI is InChI=1S/C16H14BrF3O/c1-9-3-5-12(17)8-14(9)15(21)13-6-4-11(7-10(13)2)16(18,19)20/h3-8,15,21H,1-2H3. The summed E-state index contributed by atoms with van der Waals surface area (Å²) >= 11 is 3.33. The van der Waals surface area contributed by atoms with Crippen molar-refractivity contribution in [2.45, 2.75) is 26.1 Å². The smallest absolute Gasteiger partial charge is 0.384 e. The molecule has 1 unspecified atom stereocenters. The van der Waals surface area contributed by atoms with E-state index in [-0.39, 0.29) is 0 Å². The van der Waals surface area contributed by atoms with Crippen LogP contribution in [-0.2, 0) is 6.18 Å². The number of halogens is 4. The molecule has 2 rings (SSSR count). The number of rotatable bonds is 2. The zero-order chi connectivity index (χ0) is 15.8. The number of aryl methyl sites for hydroxylation is 2. The van der Waals surface area contributed by atoms with E-state index in [1.807, 2.05) is 19.1 Å². The van der Waals surface area contributed by atoms with Crippen LogP contribution in [0.2, 0.25) is 0 Å². The summed E-state index contributed by atoms with van der Waals surface area (Å²) in [5.41, 5.74) is 1.74. The van der Waals surface area contributed by atoms with Crippen molar-refractivity contribution in [2.24, 2.45) is 0 Å². The van der Waals surface area contributed by atoms with Crippen LogP contribution in [0.4, 0.5) is 13.2 Å². The molecule has 0 spiro atoms. The number of alkyl halides is 3. The van der Waals surface area contributed by atoms with Crippen LogP contribution in [0.1, 0.15) is 33.9 Å². The van der Waals surface area contributed by atoms with Gasteiger partial charge in [0.1, 0.15) is 6.10 Å². The van der Waals surface area contributed by atoms with Crippen LogP contribution < -0.4 is 0 Å². The van der Waals surface area contributed by atoms with Crippen LogP contribution >= 0.6 is 15.9 Å². The minimum absolute atomic E-state index is 0.414. The molecule has 0 saturated heterocycles. The van der Waals surface area contributed by atoms with Gasteiger partial charge in [0, 0.05) is 4.47 Å². The molecule has 0 aliphatic rings. The maximum atomic E-state index is 12.7. The Bertz CT molecular complexity index is 665. The zero-order valence-electron chi connectivity index (χ0n) is 11.5. The highest BCUT2D eigenvalue weighted by molar-refractivity contribution is 9.10. The van der Waals surface area contributed by atoms with E-state index in [1.165, 1.54) is 6.07 Å². The van der Waals surface area contributed by atoms with Gasteiger partial charge >= 0.3 is 6.18 Å². The summed E-state index contributed by atoms with van der Waals surface area (Å²) in [6, 6.07) is 8.87. The molecule has 21 heavy (non-hydrogen) atoms. The first kappa shape index (κ1) is 16.0. The van der Waals surface area contributed by atoms with Crippen molar-refractivity contribution in [1.82, 2.24) is 0 Å². The second kappa shape index (κ2) is 5.81. The van der Waals surface area contributed by atoms with Crippen LogP contribution in [0.15, 0.2) is 40.9 Å². The molecule has 2 aromatic carbocycles. The average molecular weight is 359 g/mol. The molecule has 0 amide bonds. The van der Waals surface area contributed by atoms with E-state index in [0.717, 1.165) is 22.2 Å². The maximum absolute atomic E-state index is 12.7. The van der Waals surface area contributed by atoms with Gasteiger partial charge in [0.25, 0.3) is 0 Å². The van der Waals surface area contributed by atoms with E-state index in [2.05, 4.69) is 15.9 Å². The minimum Gasteiger partial charge on any atom is -0.384 e. The van der Waals surface area contributed by atoms with Gasteiger partial charge in [0.15, 0.2) is 0 Å². The highest BCUT2D eigenvalue weighted by Gasteiger charge is 2.31. The number of hydrogen-bond acceptors (Lipinski definition) is 1. The van der Waals surface area contributed by atoms with Gasteiger partial charge in [-0.15, -0.1) is 0 Å². The predicted molar refractivity (Wildman–Crippen MR) is 79.1 cm³/mol. The molecule has 0 radical (unpaired) electrons. The molecule has 5 heteroatoms. The lowest BCUT2D eigenvalue weighted by Crippen LogP contribution is -2.08. The van der Waals surface area contributed by atoms with Crippen molar-refractivity contribution in [3.8, 4) is 0 Å². The summed E-state index contributed by atoms with van der Waals surface area (Å²) in [5, 5.41) is 10.5. The Kier molecular flexibility index (Phi) is 4.44. The van der Waals surface area contributed by atoms with Gasteiger partial charge in [0.05, 0.1) is 5.56 Å². The van der Waals surface area contributed by atoms with E-state index in [1.54, 1.807) is 13.0 Å². The first-order valence-electron chi connectivity index (χ1n) is 6.32. The van der Waals surface area contributed by atoms with Gasteiger partial charge in [-0.25, -0.2) is 0 Å². The van der Waals surface area contributed by atoms with Crippen molar-refractivity contribution in [3.05, 3.63) is 68.7 Å². The van der Waals surface area contributed by atoms with Crippen molar-refractivity contribution in [1.29, 1.82) is 0 Å². The first-order chi connectivity index (χ1) is 9.70. The lowest BCUT2D eigenvalue weighted by Gasteiger charge is -2.18. The molecule has 0 fully saturated rings. The number of hydrogen-bond donors (Lipinski definition) is 1. The fourth-order valence-corrected chi connectivity index (χ4v) is 2.61. The lowest BCUT2D eigenvalue weighted by molar-refractivity contribution is -0.137. The highest BCUT2D eigenvalue weighted by Crippen LogP contribution is 2.34. The van der Waals surface area contributed by atoms with E-state index >= 15 is 0 Å². The second-order valence-corrected chi connectivity index (χ2v) is 5.89. The van der Waals surface area contributed by atoms with Crippen LogP contribution in [0, 0.1) is 13.8 Å². The van der Waals surface area contributed by atoms with Crippen LogP contribution in [0.25, 0.3) is 0 Å². The molecule has 0 aliphatic heterocycles. The molecule has 0 aliphatic carbocycles. The largest absolute Gasteiger partial charge is 0.416 e. The zero-order valence-corrected chi connectivity index (χ0v) is 13.1. The molecular weight excluding hydrogens is 345 g/mol. The first-order valence-corrected chi connectivity index (χ1v) is 7.11. The SMILES string of the molecule is Cc1cc(C(F)(F)F)ccc1C(O)c1cc(Br)ccc1C. The third-order valence-corrected chi connectivity index (χ3v) is 3.92. The van der Waals surface area contributed by atoms with Crippen molar-refractivity contribution >= 4 is 15.9 Å². The normalized spacial score (nSPS) is 13.3.